The largest absolute Gasteiger partial charge is 0.384 e. The Balaban J connectivity index is 1.94. The molecule has 0 saturated carbocycles. The lowest BCUT2D eigenvalue weighted by molar-refractivity contribution is -0.136. The van der Waals surface area contributed by atoms with E-state index in [-0.39, 0.29) is 6.54 Å². The minimum Gasteiger partial charge on any atom is -0.384 e. The van der Waals surface area contributed by atoms with E-state index in [0.717, 1.165) is 18.4 Å². The Morgan fingerprint density at radius 2 is 1.96 bits per heavy atom. The van der Waals surface area contributed by atoms with E-state index in [1.807, 2.05) is 29.0 Å². The molecule has 1 unspecified atom stereocenters. The fourth-order valence-corrected chi connectivity index (χ4v) is 3.10. The summed E-state index contributed by atoms with van der Waals surface area (Å²) in [4.78, 5) is 24.1. The van der Waals surface area contributed by atoms with Crippen LogP contribution in [0.5, 0.6) is 0 Å². The third kappa shape index (κ3) is 4.66. The van der Waals surface area contributed by atoms with Crippen LogP contribution in [0.15, 0.2) is 41.1 Å². The molecule has 1 heterocycles. The lowest BCUT2D eigenvalue weighted by Gasteiger charge is -2.22. The van der Waals surface area contributed by atoms with Crippen molar-refractivity contribution < 1.29 is 14.7 Å². The second-order valence-corrected chi connectivity index (χ2v) is 6.61. The number of aliphatic hydroxyl groups is 1. The number of aryl methyl sites for hydroxylation is 1. The Morgan fingerprint density at radius 1 is 1.21 bits per heavy atom. The van der Waals surface area contributed by atoms with E-state index in [0.29, 0.717) is 11.3 Å². The van der Waals surface area contributed by atoms with Crippen LogP contribution < -0.4 is 10.6 Å². The van der Waals surface area contributed by atoms with Gasteiger partial charge in [0.1, 0.15) is 5.60 Å². The summed E-state index contributed by atoms with van der Waals surface area (Å²) in [5, 5.41) is 19.2. The van der Waals surface area contributed by atoms with Crippen LogP contribution >= 0.6 is 11.3 Å². The molecule has 0 spiro atoms. The Hall–Kier alpha value is -2.18. The Bertz CT molecular complexity index is 696. The minimum absolute atomic E-state index is 0.0351. The van der Waals surface area contributed by atoms with Crippen LogP contribution in [-0.2, 0) is 21.6 Å². The smallest absolute Gasteiger partial charge is 0.313 e. The van der Waals surface area contributed by atoms with Crippen molar-refractivity contribution in [2.45, 2.75) is 32.3 Å². The van der Waals surface area contributed by atoms with Crippen molar-refractivity contribution in [1.29, 1.82) is 0 Å². The Kier molecular flexibility index (Phi) is 6.11. The summed E-state index contributed by atoms with van der Waals surface area (Å²) in [5.74, 6) is -1.50. The molecule has 0 bridgehead atoms. The highest BCUT2D eigenvalue weighted by Crippen LogP contribution is 2.22. The molecule has 0 radical (unpaired) electrons. The van der Waals surface area contributed by atoms with Crippen molar-refractivity contribution >= 4 is 28.8 Å². The van der Waals surface area contributed by atoms with E-state index < -0.39 is 17.4 Å². The van der Waals surface area contributed by atoms with Gasteiger partial charge in [-0.05, 0) is 47.4 Å². The zero-order valence-corrected chi connectivity index (χ0v) is 14.7. The molecule has 1 atom stereocenters. The van der Waals surface area contributed by atoms with Crippen LogP contribution in [0.1, 0.15) is 31.4 Å². The van der Waals surface area contributed by atoms with E-state index in [2.05, 4.69) is 17.6 Å². The van der Waals surface area contributed by atoms with E-state index in [1.54, 1.807) is 19.1 Å². The number of hydrogen-bond acceptors (Lipinski definition) is 4. The molecule has 2 rings (SSSR count). The maximum Gasteiger partial charge on any atom is 0.313 e. The highest BCUT2D eigenvalue weighted by molar-refractivity contribution is 7.08. The van der Waals surface area contributed by atoms with Gasteiger partial charge < -0.3 is 15.7 Å². The first kappa shape index (κ1) is 18.2. The number of amides is 2. The SMILES string of the molecule is CCCc1ccccc1NC(=O)C(=O)NCC(C)(O)c1ccsc1. The van der Waals surface area contributed by atoms with E-state index in [9.17, 15) is 14.7 Å². The zero-order valence-electron chi connectivity index (χ0n) is 13.8. The first-order valence-electron chi connectivity index (χ1n) is 7.86. The van der Waals surface area contributed by atoms with Crippen LogP contribution in [0, 0.1) is 0 Å². The lowest BCUT2D eigenvalue weighted by atomic mass is 9.99. The minimum atomic E-state index is -1.21. The quantitative estimate of drug-likeness (QED) is 0.704. The fraction of sp³-hybridized carbons (Fsp3) is 0.333. The molecular formula is C18H22N2O3S. The monoisotopic (exact) mass is 346 g/mol. The number of hydrogen-bond donors (Lipinski definition) is 3. The Labute approximate surface area is 145 Å². The second kappa shape index (κ2) is 8.08. The number of thiophene rings is 1. The van der Waals surface area contributed by atoms with Gasteiger partial charge in [-0.15, -0.1) is 0 Å². The molecule has 6 heteroatoms. The normalized spacial score (nSPS) is 13.1. The number of rotatable bonds is 6. The van der Waals surface area contributed by atoms with E-state index >= 15 is 0 Å². The van der Waals surface area contributed by atoms with Gasteiger partial charge >= 0.3 is 11.8 Å². The van der Waals surface area contributed by atoms with Gasteiger partial charge in [0.2, 0.25) is 0 Å². The summed E-state index contributed by atoms with van der Waals surface area (Å²) in [7, 11) is 0. The van der Waals surface area contributed by atoms with Crippen molar-refractivity contribution in [3.8, 4) is 0 Å². The molecule has 2 amide bonds. The number of carbonyl (C=O) groups is 2. The third-order valence-electron chi connectivity index (χ3n) is 3.73. The molecule has 0 aliphatic carbocycles. The van der Waals surface area contributed by atoms with Gasteiger partial charge in [-0.2, -0.15) is 11.3 Å². The number of para-hydroxylation sites is 1. The molecule has 1 aromatic carbocycles. The van der Waals surface area contributed by atoms with Gasteiger partial charge in [0.05, 0.1) is 6.54 Å². The summed E-state index contributed by atoms with van der Waals surface area (Å²) >= 11 is 1.46. The number of carbonyl (C=O) groups excluding carboxylic acids is 2. The molecule has 5 nitrogen and oxygen atoms in total. The molecule has 128 valence electrons. The van der Waals surface area contributed by atoms with E-state index in [1.165, 1.54) is 11.3 Å². The van der Waals surface area contributed by atoms with Crippen LogP contribution in [0.25, 0.3) is 0 Å². The topological polar surface area (TPSA) is 78.4 Å². The molecule has 0 aliphatic heterocycles. The number of anilines is 1. The zero-order chi connectivity index (χ0) is 17.6. The predicted molar refractivity (Wildman–Crippen MR) is 96.0 cm³/mol. The van der Waals surface area contributed by atoms with Crippen molar-refractivity contribution in [2.75, 3.05) is 11.9 Å². The van der Waals surface area contributed by atoms with Crippen molar-refractivity contribution in [1.82, 2.24) is 5.32 Å². The fourth-order valence-electron chi connectivity index (χ4n) is 2.31. The van der Waals surface area contributed by atoms with Gasteiger partial charge in [-0.1, -0.05) is 31.5 Å². The highest BCUT2D eigenvalue weighted by atomic mass is 32.1. The second-order valence-electron chi connectivity index (χ2n) is 5.83. The lowest BCUT2D eigenvalue weighted by Crippen LogP contribution is -2.43. The highest BCUT2D eigenvalue weighted by Gasteiger charge is 2.26. The summed E-state index contributed by atoms with van der Waals surface area (Å²) in [5.41, 5.74) is 1.13. The molecular weight excluding hydrogens is 324 g/mol. The number of nitrogens with one attached hydrogen (secondary N) is 2. The predicted octanol–water partition coefficient (Wildman–Crippen LogP) is 2.66. The summed E-state index contributed by atoms with van der Waals surface area (Å²) in [6.45, 7) is 3.62. The van der Waals surface area contributed by atoms with Crippen LogP contribution in [0.2, 0.25) is 0 Å². The molecule has 3 N–H and O–H groups in total. The average molecular weight is 346 g/mol. The first-order valence-corrected chi connectivity index (χ1v) is 8.80. The molecule has 2 aromatic rings. The molecule has 24 heavy (non-hydrogen) atoms. The van der Waals surface area contributed by atoms with Gasteiger partial charge in [0.25, 0.3) is 0 Å². The van der Waals surface area contributed by atoms with Crippen molar-refractivity contribution in [3.05, 3.63) is 52.2 Å². The van der Waals surface area contributed by atoms with Gasteiger partial charge in [0.15, 0.2) is 0 Å². The molecule has 0 fully saturated rings. The molecule has 1 aromatic heterocycles. The van der Waals surface area contributed by atoms with Gasteiger partial charge in [0, 0.05) is 5.69 Å². The maximum atomic E-state index is 12.1. The summed E-state index contributed by atoms with van der Waals surface area (Å²) in [6.07, 6.45) is 1.77. The van der Waals surface area contributed by atoms with Gasteiger partial charge in [-0.3, -0.25) is 9.59 Å². The molecule has 0 aliphatic rings. The standard InChI is InChI=1S/C18H22N2O3S/c1-3-6-13-7-4-5-8-15(13)20-17(22)16(21)19-12-18(2,23)14-9-10-24-11-14/h4-5,7-11,23H,3,6,12H2,1-2H3,(H,19,21)(H,20,22). The van der Waals surface area contributed by atoms with Crippen LogP contribution in [0.4, 0.5) is 5.69 Å². The molecule has 0 saturated heterocycles. The maximum absolute atomic E-state index is 12.1. The Morgan fingerprint density at radius 3 is 2.62 bits per heavy atom. The summed E-state index contributed by atoms with van der Waals surface area (Å²) in [6, 6.07) is 9.21. The van der Waals surface area contributed by atoms with Crippen molar-refractivity contribution in [2.24, 2.45) is 0 Å². The van der Waals surface area contributed by atoms with Crippen LogP contribution in [0.3, 0.4) is 0 Å². The van der Waals surface area contributed by atoms with E-state index in [4.69, 9.17) is 0 Å². The van der Waals surface area contributed by atoms with Gasteiger partial charge in [-0.25, -0.2) is 0 Å². The van der Waals surface area contributed by atoms with Crippen LogP contribution in [-0.4, -0.2) is 23.5 Å². The van der Waals surface area contributed by atoms with Crippen molar-refractivity contribution in [3.63, 3.8) is 0 Å². The summed E-state index contributed by atoms with van der Waals surface area (Å²) < 4.78 is 0. The first-order chi connectivity index (χ1) is 11.4. The third-order valence-corrected chi connectivity index (χ3v) is 4.41. The number of benzene rings is 1. The average Bonchev–Trinajstić information content (AvgIpc) is 3.10.